The van der Waals surface area contributed by atoms with Crippen LogP contribution in [0.5, 0.6) is 0 Å². The van der Waals surface area contributed by atoms with Crippen molar-refractivity contribution in [1.29, 1.82) is 0 Å². The second kappa shape index (κ2) is 6.81. The Bertz CT molecular complexity index is 1290. The van der Waals surface area contributed by atoms with E-state index < -0.39 is 11.5 Å². The van der Waals surface area contributed by atoms with Gasteiger partial charge in [0.25, 0.3) is 11.5 Å². The van der Waals surface area contributed by atoms with Gasteiger partial charge in [-0.1, -0.05) is 18.2 Å². The minimum Gasteiger partial charge on any atom is -0.422 e. The Morgan fingerprint density at radius 2 is 2.07 bits per heavy atom. The summed E-state index contributed by atoms with van der Waals surface area (Å²) in [6.45, 7) is 2.19. The Morgan fingerprint density at radius 1 is 1.26 bits per heavy atom. The molecule has 27 heavy (non-hydrogen) atoms. The Morgan fingerprint density at radius 3 is 2.93 bits per heavy atom. The lowest BCUT2D eigenvalue weighted by Gasteiger charge is -2.10. The summed E-state index contributed by atoms with van der Waals surface area (Å²) in [4.78, 5) is 42.0. The number of aromatic nitrogens is 2. The predicted molar refractivity (Wildman–Crippen MR) is 103 cm³/mol. The Hall–Kier alpha value is -3.26. The monoisotopic (exact) mass is 381 g/mol. The van der Waals surface area contributed by atoms with Gasteiger partial charge in [0.1, 0.15) is 21.8 Å². The lowest BCUT2D eigenvalue weighted by molar-refractivity contribution is 0.0948. The Balaban J connectivity index is 1.53. The zero-order valence-corrected chi connectivity index (χ0v) is 15.2. The second-order valence-electron chi connectivity index (χ2n) is 6.00. The maximum Gasteiger partial charge on any atom is 0.349 e. The van der Waals surface area contributed by atoms with E-state index in [1.807, 2.05) is 5.38 Å². The van der Waals surface area contributed by atoms with Gasteiger partial charge >= 0.3 is 5.63 Å². The van der Waals surface area contributed by atoms with Crippen LogP contribution in [0.1, 0.15) is 16.2 Å². The van der Waals surface area contributed by atoms with Gasteiger partial charge in [-0.25, -0.2) is 9.78 Å². The third-order valence-electron chi connectivity index (χ3n) is 4.28. The second-order valence-corrected chi connectivity index (χ2v) is 6.89. The van der Waals surface area contributed by atoms with Gasteiger partial charge < -0.3 is 9.73 Å². The van der Waals surface area contributed by atoms with Gasteiger partial charge in [-0.05, 0) is 30.5 Å². The minimum atomic E-state index is -0.694. The van der Waals surface area contributed by atoms with Crippen molar-refractivity contribution in [2.24, 2.45) is 0 Å². The van der Waals surface area contributed by atoms with E-state index >= 15 is 0 Å². The summed E-state index contributed by atoms with van der Waals surface area (Å²) in [6.07, 6.45) is 0. The molecule has 3 aromatic heterocycles. The van der Waals surface area contributed by atoms with Crippen LogP contribution in [0, 0.1) is 6.92 Å². The summed E-state index contributed by atoms with van der Waals surface area (Å²) < 4.78 is 6.69. The SMILES string of the molecule is Cc1nc2sccc2c(=O)n1CCNC(=O)c1cc2ccccc2oc1=O. The van der Waals surface area contributed by atoms with Crippen LogP contribution in [0.2, 0.25) is 0 Å². The van der Waals surface area contributed by atoms with Gasteiger partial charge in [-0.3, -0.25) is 14.2 Å². The number of thiophene rings is 1. The third kappa shape index (κ3) is 3.15. The maximum absolute atomic E-state index is 12.5. The number of benzene rings is 1. The molecule has 136 valence electrons. The molecule has 8 heteroatoms. The lowest BCUT2D eigenvalue weighted by Crippen LogP contribution is -2.34. The van der Waals surface area contributed by atoms with E-state index in [4.69, 9.17) is 4.42 Å². The summed E-state index contributed by atoms with van der Waals surface area (Å²) in [6, 6.07) is 10.2. The van der Waals surface area contributed by atoms with E-state index in [1.54, 1.807) is 37.3 Å². The lowest BCUT2D eigenvalue weighted by atomic mass is 10.2. The zero-order valence-electron chi connectivity index (χ0n) is 14.4. The number of para-hydroxylation sites is 1. The number of nitrogens with one attached hydrogen (secondary N) is 1. The van der Waals surface area contributed by atoms with Gasteiger partial charge in [0.05, 0.1) is 5.39 Å². The molecular weight excluding hydrogens is 366 g/mol. The van der Waals surface area contributed by atoms with E-state index in [1.165, 1.54) is 22.0 Å². The van der Waals surface area contributed by atoms with Crippen molar-refractivity contribution in [2.75, 3.05) is 6.54 Å². The summed E-state index contributed by atoms with van der Waals surface area (Å²) in [7, 11) is 0. The molecule has 0 aliphatic heterocycles. The highest BCUT2D eigenvalue weighted by Crippen LogP contribution is 2.15. The minimum absolute atomic E-state index is 0.0656. The summed E-state index contributed by atoms with van der Waals surface area (Å²) in [5, 5.41) is 5.72. The highest BCUT2D eigenvalue weighted by molar-refractivity contribution is 7.16. The number of nitrogens with zero attached hydrogens (tertiary/aromatic N) is 2. The molecule has 0 spiro atoms. The van der Waals surface area contributed by atoms with Crippen molar-refractivity contribution < 1.29 is 9.21 Å². The molecule has 0 atom stereocenters. The predicted octanol–water partition coefficient (Wildman–Crippen LogP) is 2.30. The molecule has 0 unspecified atom stereocenters. The number of fused-ring (bicyclic) bond motifs is 2. The topological polar surface area (TPSA) is 94.2 Å². The van der Waals surface area contributed by atoms with Gasteiger partial charge in [-0.15, -0.1) is 11.3 Å². The molecule has 7 nitrogen and oxygen atoms in total. The first-order chi connectivity index (χ1) is 13.0. The zero-order chi connectivity index (χ0) is 19.0. The van der Waals surface area contributed by atoms with Crippen LogP contribution in [-0.2, 0) is 6.54 Å². The fourth-order valence-corrected chi connectivity index (χ4v) is 3.71. The largest absolute Gasteiger partial charge is 0.422 e. The number of rotatable bonds is 4. The van der Waals surface area contributed by atoms with Crippen LogP contribution in [0.15, 0.2) is 55.8 Å². The number of carbonyl (C=O) groups excluding carboxylic acids is 1. The molecule has 0 radical (unpaired) electrons. The molecule has 1 amide bonds. The molecule has 0 aliphatic carbocycles. The number of aryl methyl sites for hydroxylation is 1. The summed E-state index contributed by atoms with van der Waals surface area (Å²) >= 11 is 1.41. The maximum atomic E-state index is 12.5. The molecule has 3 heterocycles. The Labute approximate surface area is 156 Å². The van der Waals surface area contributed by atoms with E-state index in [-0.39, 0.29) is 24.2 Å². The highest BCUT2D eigenvalue weighted by atomic mass is 32.1. The summed E-state index contributed by atoms with van der Waals surface area (Å²) in [5.41, 5.74) is -0.473. The molecule has 0 saturated heterocycles. The fourth-order valence-electron chi connectivity index (χ4n) is 2.91. The molecule has 0 fully saturated rings. The first-order valence-electron chi connectivity index (χ1n) is 8.30. The fraction of sp³-hybridized carbons (Fsp3) is 0.158. The van der Waals surface area contributed by atoms with E-state index in [0.717, 1.165) is 0 Å². The van der Waals surface area contributed by atoms with Gasteiger partial charge in [0.2, 0.25) is 0 Å². The number of amides is 1. The average Bonchev–Trinajstić information content (AvgIpc) is 3.12. The Kier molecular flexibility index (Phi) is 4.33. The summed E-state index contributed by atoms with van der Waals surface area (Å²) in [5.74, 6) is 0.0409. The highest BCUT2D eigenvalue weighted by Gasteiger charge is 2.14. The first-order valence-corrected chi connectivity index (χ1v) is 9.18. The van der Waals surface area contributed by atoms with Crippen molar-refractivity contribution in [3.63, 3.8) is 0 Å². The molecule has 0 saturated carbocycles. The molecule has 4 aromatic rings. The normalized spacial score (nSPS) is 11.1. The third-order valence-corrected chi connectivity index (χ3v) is 5.09. The number of carbonyl (C=O) groups is 1. The van der Waals surface area contributed by atoms with E-state index in [0.29, 0.717) is 27.0 Å². The van der Waals surface area contributed by atoms with Gasteiger partial charge in [-0.2, -0.15) is 0 Å². The molecule has 1 aromatic carbocycles. The average molecular weight is 381 g/mol. The van der Waals surface area contributed by atoms with Gasteiger partial charge in [0.15, 0.2) is 0 Å². The molecule has 4 rings (SSSR count). The van der Waals surface area contributed by atoms with E-state index in [9.17, 15) is 14.4 Å². The van der Waals surface area contributed by atoms with Crippen LogP contribution < -0.4 is 16.5 Å². The van der Waals surface area contributed by atoms with Crippen molar-refractivity contribution in [3.8, 4) is 0 Å². The van der Waals surface area contributed by atoms with Crippen molar-refractivity contribution in [1.82, 2.24) is 14.9 Å². The van der Waals surface area contributed by atoms with Crippen LogP contribution in [0.3, 0.4) is 0 Å². The number of hydrogen-bond donors (Lipinski definition) is 1. The van der Waals surface area contributed by atoms with Crippen LogP contribution in [0.25, 0.3) is 21.2 Å². The van der Waals surface area contributed by atoms with Crippen molar-refractivity contribution >= 4 is 38.4 Å². The number of hydrogen-bond acceptors (Lipinski definition) is 6. The molecular formula is C19H15N3O4S. The standard InChI is InChI=1S/C19H15N3O4S/c1-11-21-17-13(6-9-27-17)18(24)22(11)8-7-20-16(23)14-10-12-4-2-3-5-15(12)26-19(14)25/h2-6,9-10H,7-8H2,1H3,(H,20,23). The first kappa shape index (κ1) is 17.2. The van der Waals surface area contributed by atoms with Crippen LogP contribution in [-0.4, -0.2) is 22.0 Å². The quantitative estimate of drug-likeness (QED) is 0.548. The van der Waals surface area contributed by atoms with E-state index in [2.05, 4.69) is 10.3 Å². The molecule has 0 aliphatic rings. The smallest absolute Gasteiger partial charge is 0.349 e. The van der Waals surface area contributed by atoms with Crippen LogP contribution >= 0.6 is 11.3 Å². The van der Waals surface area contributed by atoms with Crippen LogP contribution in [0.4, 0.5) is 0 Å². The molecule has 0 bridgehead atoms. The van der Waals surface area contributed by atoms with Crippen molar-refractivity contribution in [3.05, 3.63) is 73.9 Å². The van der Waals surface area contributed by atoms with Crippen molar-refractivity contribution in [2.45, 2.75) is 13.5 Å². The van der Waals surface area contributed by atoms with Gasteiger partial charge in [0, 0.05) is 18.5 Å². The molecule has 1 N–H and O–H groups in total.